The molecule has 0 radical (unpaired) electrons. The maximum Gasteiger partial charge on any atom is 0.153 e. The van der Waals surface area contributed by atoms with Gasteiger partial charge in [-0.15, -0.1) is 0 Å². The molecule has 0 spiro atoms. The summed E-state index contributed by atoms with van der Waals surface area (Å²) in [6.45, 7) is 2.95. The number of aryl methyl sites for hydroxylation is 1. The van der Waals surface area contributed by atoms with Crippen LogP contribution in [-0.2, 0) is 13.0 Å². The van der Waals surface area contributed by atoms with Gasteiger partial charge in [-0.3, -0.25) is 0 Å². The van der Waals surface area contributed by atoms with Crippen molar-refractivity contribution in [3.05, 3.63) is 33.0 Å². The lowest BCUT2D eigenvalue weighted by atomic mass is 10.1. The van der Waals surface area contributed by atoms with E-state index >= 15 is 0 Å². The average molecular weight is 329 g/mol. The van der Waals surface area contributed by atoms with Gasteiger partial charge in [-0.05, 0) is 31.4 Å². The lowest BCUT2D eigenvalue weighted by Crippen LogP contribution is -2.15. The van der Waals surface area contributed by atoms with Gasteiger partial charge in [0.2, 0.25) is 0 Å². The molecule has 1 heterocycles. The van der Waals surface area contributed by atoms with E-state index < -0.39 is 0 Å². The second kappa shape index (κ2) is 4.87. The number of furan rings is 1. The molecule has 1 fully saturated rings. The van der Waals surface area contributed by atoms with Crippen LogP contribution >= 0.6 is 27.5 Å². The normalized spacial score (nSPS) is 15.5. The number of fused-ring (bicyclic) bond motifs is 1. The molecule has 3 rings (SSSR count). The second-order valence-electron chi connectivity index (χ2n) is 4.78. The monoisotopic (exact) mass is 327 g/mol. The van der Waals surface area contributed by atoms with E-state index in [1.54, 1.807) is 0 Å². The van der Waals surface area contributed by atoms with Crippen LogP contribution in [-0.4, -0.2) is 6.04 Å². The van der Waals surface area contributed by atoms with E-state index in [2.05, 4.69) is 34.2 Å². The third-order valence-electron chi connectivity index (χ3n) is 3.38. The van der Waals surface area contributed by atoms with Crippen LogP contribution in [0, 0.1) is 0 Å². The first-order valence-electron chi connectivity index (χ1n) is 6.31. The van der Waals surface area contributed by atoms with Gasteiger partial charge in [-0.2, -0.15) is 0 Å². The van der Waals surface area contributed by atoms with E-state index in [-0.39, 0.29) is 0 Å². The zero-order valence-electron chi connectivity index (χ0n) is 10.2. The van der Waals surface area contributed by atoms with Crippen LogP contribution < -0.4 is 5.32 Å². The van der Waals surface area contributed by atoms with Crippen molar-refractivity contribution in [3.63, 3.8) is 0 Å². The topological polar surface area (TPSA) is 25.2 Å². The molecule has 0 saturated heterocycles. The first-order valence-corrected chi connectivity index (χ1v) is 7.48. The Morgan fingerprint density at radius 1 is 1.44 bits per heavy atom. The Morgan fingerprint density at radius 3 is 2.89 bits per heavy atom. The van der Waals surface area contributed by atoms with Crippen molar-refractivity contribution in [1.82, 2.24) is 5.32 Å². The summed E-state index contributed by atoms with van der Waals surface area (Å²) in [5, 5.41) is 5.30. The van der Waals surface area contributed by atoms with Crippen LogP contribution in [0.2, 0.25) is 5.02 Å². The molecule has 2 aromatic rings. The van der Waals surface area contributed by atoms with Gasteiger partial charge in [0.15, 0.2) is 5.58 Å². The smallest absolute Gasteiger partial charge is 0.153 e. The van der Waals surface area contributed by atoms with Crippen molar-refractivity contribution >= 4 is 38.5 Å². The van der Waals surface area contributed by atoms with Crippen molar-refractivity contribution < 1.29 is 4.42 Å². The summed E-state index contributed by atoms with van der Waals surface area (Å²) in [4.78, 5) is 0. The summed E-state index contributed by atoms with van der Waals surface area (Å²) < 4.78 is 6.94. The molecule has 1 aromatic carbocycles. The molecule has 1 aliphatic rings. The first-order chi connectivity index (χ1) is 8.69. The molecular formula is C14H15BrClNO. The Bertz CT molecular complexity index is 589. The standard InChI is InChI=1S/C14H15BrClNO/c1-2-10-11-5-8(15)6-12(16)14(11)18-13(10)7-17-9-3-4-9/h5-6,9,17H,2-4,7H2,1H3. The van der Waals surface area contributed by atoms with Crippen LogP contribution in [0.3, 0.4) is 0 Å². The molecule has 96 valence electrons. The molecule has 1 saturated carbocycles. The molecule has 0 atom stereocenters. The maximum atomic E-state index is 6.24. The van der Waals surface area contributed by atoms with E-state index in [1.165, 1.54) is 18.4 Å². The zero-order valence-corrected chi connectivity index (χ0v) is 12.6. The molecule has 4 heteroatoms. The summed E-state index contributed by atoms with van der Waals surface area (Å²) in [5.41, 5.74) is 2.07. The fourth-order valence-corrected chi connectivity index (χ4v) is 3.13. The summed E-state index contributed by atoms with van der Waals surface area (Å²) >= 11 is 9.72. The van der Waals surface area contributed by atoms with Gasteiger partial charge in [0.25, 0.3) is 0 Å². The SMILES string of the molecule is CCc1c(CNC2CC2)oc2c(Cl)cc(Br)cc12. The van der Waals surface area contributed by atoms with Crippen molar-refractivity contribution in [2.45, 2.75) is 38.8 Å². The summed E-state index contributed by atoms with van der Waals surface area (Å²) in [5.74, 6) is 1.03. The minimum absolute atomic E-state index is 0.673. The van der Waals surface area contributed by atoms with Crippen molar-refractivity contribution in [2.75, 3.05) is 0 Å². The molecule has 0 unspecified atom stereocenters. The van der Waals surface area contributed by atoms with Gasteiger partial charge in [0.05, 0.1) is 11.6 Å². The molecule has 0 bridgehead atoms. The fraction of sp³-hybridized carbons (Fsp3) is 0.429. The quantitative estimate of drug-likeness (QED) is 0.883. The zero-order chi connectivity index (χ0) is 12.7. The molecule has 1 aromatic heterocycles. The third-order valence-corrected chi connectivity index (χ3v) is 4.12. The van der Waals surface area contributed by atoms with Crippen LogP contribution in [0.1, 0.15) is 31.1 Å². The van der Waals surface area contributed by atoms with Gasteiger partial charge >= 0.3 is 0 Å². The molecule has 2 nitrogen and oxygen atoms in total. The van der Waals surface area contributed by atoms with Crippen LogP contribution in [0.5, 0.6) is 0 Å². The van der Waals surface area contributed by atoms with Crippen molar-refractivity contribution in [2.24, 2.45) is 0 Å². The van der Waals surface area contributed by atoms with Gasteiger partial charge in [-0.25, -0.2) is 0 Å². The minimum Gasteiger partial charge on any atom is -0.458 e. The highest BCUT2D eigenvalue weighted by Gasteiger charge is 2.22. The lowest BCUT2D eigenvalue weighted by molar-refractivity contribution is 0.507. The van der Waals surface area contributed by atoms with E-state index in [0.29, 0.717) is 11.1 Å². The Morgan fingerprint density at radius 2 is 2.22 bits per heavy atom. The van der Waals surface area contributed by atoms with Crippen molar-refractivity contribution in [3.8, 4) is 0 Å². The van der Waals surface area contributed by atoms with Gasteiger partial charge in [0, 0.05) is 21.5 Å². The lowest BCUT2D eigenvalue weighted by Gasteiger charge is -2.01. The number of nitrogens with one attached hydrogen (secondary N) is 1. The molecular weight excluding hydrogens is 314 g/mol. The Kier molecular flexibility index (Phi) is 3.39. The van der Waals surface area contributed by atoms with Crippen LogP contribution in [0.15, 0.2) is 21.0 Å². The Balaban J connectivity index is 2.04. The molecule has 0 amide bonds. The van der Waals surface area contributed by atoms with Crippen LogP contribution in [0.4, 0.5) is 0 Å². The van der Waals surface area contributed by atoms with Gasteiger partial charge in [0.1, 0.15) is 5.76 Å². The van der Waals surface area contributed by atoms with E-state index in [1.807, 2.05) is 6.07 Å². The fourth-order valence-electron chi connectivity index (χ4n) is 2.28. The molecule has 18 heavy (non-hydrogen) atoms. The molecule has 1 N–H and O–H groups in total. The van der Waals surface area contributed by atoms with Gasteiger partial charge < -0.3 is 9.73 Å². The highest BCUT2D eigenvalue weighted by molar-refractivity contribution is 9.10. The predicted molar refractivity (Wildman–Crippen MR) is 78.2 cm³/mol. The number of rotatable bonds is 4. The minimum atomic E-state index is 0.673. The first kappa shape index (κ1) is 12.5. The Hall–Kier alpha value is -0.510. The van der Waals surface area contributed by atoms with Crippen molar-refractivity contribution in [1.29, 1.82) is 0 Å². The number of benzene rings is 1. The van der Waals surface area contributed by atoms with E-state index in [4.69, 9.17) is 16.0 Å². The summed E-state index contributed by atoms with van der Waals surface area (Å²) in [6, 6.07) is 4.65. The van der Waals surface area contributed by atoms with E-state index in [9.17, 15) is 0 Å². The predicted octanol–water partition coefficient (Wildman–Crippen LogP) is 4.66. The summed E-state index contributed by atoms with van der Waals surface area (Å²) in [7, 11) is 0. The number of halogens is 2. The van der Waals surface area contributed by atoms with Crippen LogP contribution in [0.25, 0.3) is 11.0 Å². The highest BCUT2D eigenvalue weighted by Crippen LogP contribution is 2.35. The molecule has 1 aliphatic carbocycles. The highest BCUT2D eigenvalue weighted by atomic mass is 79.9. The number of hydrogen-bond donors (Lipinski definition) is 1. The Labute approximate surface area is 120 Å². The molecule has 0 aliphatic heterocycles. The van der Waals surface area contributed by atoms with Gasteiger partial charge in [-0.1, -0.05) is 34.5 Å². The summed E-state index contributed by atoms with van der Waals surface area (Å²) in [6.07, 6.45) is 3.53. The van der Waals surface area contributed by atoms with E-state index in [0.717, 1.165) is 34.2 Å². The third kappa shape index (κ3) is 2.31. The largest absolute Gasteiger partial charge is 0.458 e. The maximum absolute atomic E-state index is 6.24. The average Bonchev–Trinajstić information content (AvgIpc) is 3.08. The number of hydrogen-bond acceptors (Lipinski definition) is 2. The second-order valence-corrected chi connectivity index (χ2v) is 6.10.